The minimum absolute atomic E-state index is 0.142. The third kappa shape index (κ3) is 6.38. The van der Waals surface area contributed by atoms with Crippen LogP contribution < -0.4 is 25.8 Å². The Morgan fingerprint density at radius 3 is 2.58 bits per heavy atom. The second kappa shape index (κ2) is 10.9. The highest BCUT2D eigenvalue weighted by Gasteiger charge is 2.30. The molecule has 0 saturated carbocycles. The molecule has 3 rings (SSSR count). The van der Waals surface area contributed by atoms with E-state index in [0.29, 0.717) is 40.2 Å². The molecule has 1 aliphatic rings. The number of hydrogen-bond acceptors (Lipinski definition) is 6. The SMILES string of the molecule is C=N/C(=N\C(Oc1cccc(N)c1)=C(/C)Cl)Nc1ccc(P2(=O)CCN(C)CC2)cc1OC. The first-order valence-corrected chi connectivity index (χ1v) is 12.9. The van der Waals surface area contributed by atoms with Crippen LogP contribution in [0.1, 0.15) is 6.92 Å². The molecule has 0 spiro atoms. The smallest absolute Gasteiger partial charge is 0.236 e. The lowest BCUT2D eigenvalue weighted by Gasteiger charge is -2.30. The number of hydrogen-bond donors (Lipinski definition) is 2. The van der Waals surface area contributed by atoms with E-state index < -0.39 is 7.14 Å². The van der Waals surface area contributed by atoms with Crippen molar-refractivity contribution in [3.8, 4) is 11.5 Å². The molecule has 33 heavy (non-hydrogen) atoms. The molecule has 0 amide bonds. The predicted octanol–water partition coefficient (Wildman–Crippen LogP) is 4.19. The molecule has 176 valence electrons. The van der Waals surface area contributed by atoms with Gasteiger partial charge in [0.1, 0.15) is 18.6 Å². The van der Waals surface area contributed by atoms with Gasteiger partial charge in [-0.25, -0.2) is 4.99 Å². The average Bonchev–Trinajstić information content (AvgIpc) is 2.80. The zero-order valence-electron chi connectivity index (χ0n) is 19.0. The fourth-order valence-electron chi connectivity index (χ4n) is 3.36. The summed E-state index contributed by atoms with van der Waals surface area (Å²) in [6, 6.07) is 12.4. The summed E-state index contributed by atoms with van der Waals surface area (Å²) in [5.74, 6) is 1.32. The van der Waals surface area contributed by atoms with Crippen LogP contribution in [0.4, 0.5) is 11.4 Å². The molecule has 0 bridgehead atoms. The molecule has 10 heteroatoms. The predicted molar refractivity (Wildman–Crippen MR) is 138 cm³/mol. The van der Waals surface area contributed by atoms with Crippen LogP contribution >= 0.6 is 18.7 Å². The minimum atomic E-state index is -2.45. The van der Waals surface area contributed by atoms with Gasteiger partial charge in [-0.3, -0.25) is 0 Å². The molecular weight excluding hydrogens is 461 g/mol. The maximum Gasteiger partial charge on any atom is 0.236 e. The van der Waals surface area contributed by atoms with Gasteiger partial charge in [-0.15, -0.1) is 0 Å². The number of guanidine groups is 1. The van der Waals surface area contributed by atoms with Gasteiger partial charge < -0.3 is 30.0 Å². The van der Waals surface area contributed by atoms with E-state index in [0.717, 1.165) is 18.4 Å². The zero-order valence-corrected chi connectivity index (χ0v) is 20.7. The summed E-state index contributed by atoms with van der Waals surface area (Å²) < 4.78 is 24.8. The Labute approximate surface area is 199 Å². The second-order valence-electron chi connectivity index (χ2n) is 7.76. The number of rotatable bonds is 6. The van der Waals surface area contributed by atoms with Crippen molar-refractivity contribution in [3.63, 3.8) is 0 Å². The summed E-state index contributed by atoms with van der Waals surface area (Å²) >= 11 is 6.20. The molecule has 8 nitrogen and oxygen atoms in total. The van der Waals surface area contributed by atoms with Crippen molar-refractivity contribution in [2.75, 3.05) is 50.6 Å². The van der Waals surface area contributed by atoms with E-state index in [-0.39, 0.29) is 11.8 Å². The number of allylic oxidation sites excluding steroid dienone is 1. The lowest BCUT2D eigenvalue weighted by atomic mass is 10.3. The Morgan fingerprint density at radius 1 is 1.24 bits per heavy atom. The van der Waals surface area contributed by atoms with Crippen LogP contribution in [-0.4, -0.2) is 57.1 Å². The number of anilines is 2. The summed E-state index contributed by atoms with van der Waals surface area (Å²) in [7, 11) is 1.15. The summed E-state index contributed by atoms with van der Waals surface area (Å²) in [5, 5.41) is 4.21. The van der Waals surface area contributed by atoms with Crippen LogP contribution in [0.25, 0.3) is 0 Å². The lowest BCUT2D eigenvalue weighted by molar-refractivity contribution is 0.361. The molecule has 1 fully saturated rings. The summed E-state index contributed by atoms with van der Waals surface area (Å²) in [6.45, 7) is 6.87. The van der Waals surface area contributed by atoms with E-state index in [1.165, 1.54) is 0 Å². The number of benzene rings is 2. The summed E-state index contributed by atoms with van der Waals surface area (Å²) in [6.07, 6.45) is 1.32. The number of nitrogens with one attached hydrogen (secondary N) is 1. The number of nitrogens with zero attached hydrogens (tertiary/aromatic N) is 3. The number of nitrogen functional groups attached to an aromatic ring is 1. The van der Waals surface area contributed by atoms with Gasteiger partial charge in [-0.1, -0.05) is 17.7 Å². The van der Waals surface area contributed by atoms with Crippen molar-refractivity contribution in [1.82, 2.24) is 4.90 Å². The Bertz CT molecular complexity index is 1120. The quantitative estimate of drug-likeness (QED) is 0.207. The first-order chi connectivity index (χ1) is 15.7. The van der Waals surface area contributed by atoms with Gasteiger partial charge in [0.15, 0.2) is 0 Å². The average molecular weight is 490 g/mol. The van der Waals surface area contributed by atoms with Gasteiger partial charge in [-0.05, 0) is 51.0 Å². The molecule has 0 aromatic heterocycles. The molecule has 0 aliphatic carbocycles. The molecule has 1 saturated heterocycles. The lowest BCUT2D eigenvalue weighted by Crippen LogP contribution is -2.34. The maximum atomic E-state index is 13.5. The van der Waals surface area contributed by atoms with Crippen molar-refractivity contribution in [3.05, 3.63) is 53.4 Å². The molecule has 1 aliphatic heterocycles. The standard InChI is InChI=1S/C23H29ClN5O3P/c1-16(24)22(32-18-7-5-6-17(25)14-18)28-23(26-2)27-20-9-8-19(15-21(20)31-4)33(30)12-10-29(3)11-13-33/h5-9,14-15H,2,10-13,25H2,1,3-4H3,(H,27,28)/b22-16-. The van der Waals surface area contributed by atoms with Gasteiger partial charge >= 0.3 is 0 Å². The largest absolute Gasteiger partial charge is 0.495 e. The van der Waals surface area contributed by atoms with Gasteiger partial charge in [0.2, 0.25) is 11.8 Å². The molecule has 1 heterocycles. The maximum absolute atomic E-state index is 13.5. The van der Waals surface area contributed by atoms with E-state index in [2.05, 4.69) is 26.9 Å². The van der Waals surface area contributed by atoms with E-state index >= 15 is 0 Å². The molecular formula is C23H29ClN5O3P. The van der Waals surface area contributed by atoms with Crippen LogP contribution in [0.15, 0.2) is 63.4 Å². The molecule has 0 radical (unpaired) electrons. The monoisotopic (exact) mass is 489 g/mol. The van der Waals surface area contributed by atoms with Gasteiger partial charge in [0.25, 0.3) is 0 Å². The first-order valence-electron chi connectivity index (χ1n) is 10.4. The van der Waals surface area contributed by atoms with Crippen LogP contribution in [0, 0.1) is 0 Å². The number of aliphatic imine (C=N–C) groups is 2. The van der Waals surface area contributed by atoms with Crippen molar-refractivity contribution < 1.29 is 14.0 Å². The summed E-state index contributed by atoms with van der Waals surface area (Å²) in [4.78, 5) is 10.5. The number of methoxy groups -OCH3 is 1. The third-order valence-corrected chi connectivity index (χ3v) is 8.54. The van der Waals surface area contributed by atoms with E-state index in [9.17, 15) is 4.57 Å². The first kappa shape index (κ1) is 24.8. The van der Waals surface area contributed by atoms with E-state index in [1.54, 1.807) is 38.3 Å². The number of halogens is 1. The Morgan fingerprint density at radius 2 is 1.97 bits per heavy atom. The summed E-state index contributed by atoms with van der Waals surface area (Å²) in [5.41, 5.74) is 6.97. The van der Waals surface area contributed by atoms with Gasteiger partial charge in [0.05, 0.1) is 17.8 Å². The highest BCUT2D eigenvalue weighted by molar-refractivity contribution is 7.71. The minimum Gasteiger partial charge on any atom is -0.495 e. The van der Waals surface area contributed by atoms with Crippen molar-refractivity contribution >= 4 is 48.1 Å². The topological polar surface area (TPSA) is 102 Å². The van der Waals surface area contributed by atoms with E-state index in [4.69, 9.17) is 26.8 Å². The van der Waals surface area contributed by atoms with Crippen molar-refractivity contribution in [1.29, 1.82) is 0 Å². The molecule has 2 aromatic carbocycles. The normalized spacial score (nSPS) is 17.2. The highest BCUT2D eigenvalue weighted by Crippen LogP contribution is 2.47. The molecule has 0 unspecified atom stereocenters. The highest BCUT2D eigenvalue weighted by atomic mass is 35.5. The molecule has 2 aromatic rings. The van der Waals surface area contributed by atoms with Gasteiger partial charge in [0, 0.05) is 42.5 Å². The van der Waals surface area contributed by atoms with Crippen molar-refractivity contribution in [2.45, 2.75) is 6.92 Å². The number of ether oxygens (including phenoxy) is 2. The van der Waals surface area contributed by atoms with E-state index in [1.807, 2.05) is 25.2 Å². The molecule has 3 N–H and O–H groups in total. The Hall–Kier alpha value is -2.80. The molecule has 0 atom stereocenters. The van der Waals surface area contributed by atoms with Crippen LogP contribution in [0.3, 0.4) is 0 Å². The fourth-order valence-corrected chi connectivity index (χ4v) is 6.21. The number of nitrogens with two attached hydrogens (primary N) is 1. The van der Waals surface area contributed by atoms with Crippen LogP contribution in [0.5, 0.6) is 11.5 Å². The Kier molecular flexibility index (Phi) is 8.19. The third-order valence-electron chi connectivity index (χ3n) is 5.31. The van der Waals surface area contributed by atoms with Crippen LogP contribution in [-0.2, 0) is 4.57 Å². The Balaban J connectivity index is 1.85. The second-order valence-corrected chi connectivity index (χ2v) is 11.5. The van der Waals surface area contributed by atoms with Gasteiger partial charge in [-0.2, -0.15) is 4.99 Å². The van der Waals surface area contributed by atoms with Crippen molar-refractivity contribution in [2.24, 2.45) is 9.98 Å². The van der Waals surface area contributed by atoms with Crippen LogP contribution in [0.2, 0.25) is 0 Å². The zero-order chi connectivity index (χ0) is 24.0. The fraction of sp³-hybridized carbons (Fsp3) is 0.304.